The minimum atomic E-state index is -0.554. The molecule has 0 spiro atoms. The van der Waals surface area contributed by atoms with Crippen LogP contribution in [0.25, 0.3) is 0 Å². The third-order valence-electron chi connectivity index (χ3n) is 3.26. The molecule has 2 rings (SSSR count). The molecule has 0 bridgehead atoms. The van der Waals surface area contributed by atoms with Gasteiger partial charge in [0.2, 0.25) is 0 Å². The Morgan fingerprint density at radius 1 is 1.21 bits per heavy atom. The molecule has 0 radical (unpaired) electrons. The quantitative estimate of drug-likeness (QED) is 0.802. The number of esters is 1. The molecule has 128 valence electrons. The van der Waals surface area contributed by atoms with Crippen molar-refractivity contribution in [1.29, 1.82) is 0 Å². The number of rotatable bonds is 6. The monoisotopic (exact) mass is 351 g/mol. The third kappa shape index (κ3) is 3.91. The Hall–Kier alpha value is -2.41. The minimum Gasteiger partial charge on any atom is -0.496 e. The van der Waals surface area contributed by atoms with Crippen LogP contribution in [0.2, 0.25) is 0 Å². The zero-order valence-corrected chi connectivity index (χ0v) is 14.5. The zero-order valence-electron chi connectivity index (χ0n) is 13.6. The number of methoxy groups -OCH3 is 1. The summed E-state index contributed by atoms with van der Waals surface area (Å²) in [6, 6.07) is 5.37. The lowest BCUT2D eigenvalue weighted by Crippen LogP contribution is -2.15. The molecule has 2 aromatic rings. The number of nitrogens with one attached hydrogen (secondary N) is 1. The Morgan fingerprint density at radius 3 is 2.58 bits per heavy atom. The molecule has 7 heteroatoms. The first-order valence-electron chi connectivity index (χ1n) is 7.44. The maximum Gasteiger partial charge on any atom is 0.341 e. The fourth-order valence-corrected chi connectivity index (χ4v) is 3.08. The van der Waals surface area contributed by atoms with Gasteiger partial charge >= 0.3 is 5.97 Å². The maximum atomic E-state index is 13.4. The van der Waals surface area contributed by atoms with Crippen LogP contribution in [0.15, 0.2) is 24.3 Å². The molecule has 0 aliphatic rings. The second-order valence-electron chi connectivity index (χ2n) is 4.83. The lowest BCUT2D eigenvalue weighted by molar-refractivity contribution is 0.0528. The smallest absolute Gasteiger partial charge is 0.341 e. The van der Waals surface area contributed by atoms with Crippen molar-refractivity contribution in [3.05, 3.63) is 46.1 Å². The molecule has 1 N–H and O–H groups in total. The van der Waals surface area contributed by atoms with E-state index in [1.807, 2.05) is 6.92 Å². The predicted octanol–water partition coefficient (Wildman–Crippen LogP) is 3.89. The highest BCUT2D eigenvalue weighted by Crippen LogP contribution is 2.30. The number of amides is 1. The average molecular weight is 351 g/mol. The summed E-state index contributed by atoms with van der Waals surface area (Å²) in [6.07, 6.45) is 0.718. The van der Waals surface area contributed by atoms with Crippen LogP contribution in [0, 0.1) is 5.82 Å². The van der Waals surface area contributed by atoms with E-state index in [1.54, 1.807) is 13.0 Å². The number of hydrogen-bond acceptors (Lipinski definition) is 5. The number of halogens is 1. The van der Waals surface area contributed by atoms with Gasteiger partial charge in [-0.05, 0) is 37.6 Å². The van der Waals surface area contributed by atoms with E-state index in [2.05, 4.69) is 5.32 Å². The standard InChI is InChI=1S/C17H18FNO4S/c1-4-11-9-13(17(21)23-5-2)16(24-11)19-15(20)12-8-10(18)6-7-14(12)22-3/h6-9H,4-5H2,1-3H3,(H,19,20). The Morgan fingerprint density at radius 2 is 1.96 bits per heavy atom. The lowest BCUT2D eigenvalue weighted by atomic mass is 10.1. The number of aryl methyl sites for hydroxylation is 1. The van der Waals surface area contributed by atoms with Gasteiger partial charge in [0, 0.05) is 4.88 Å². The van der Waals surface area contributed by atoms with E-state index in [4.69, 9.17) is 9.47 Å². The van der Waals surface area contributed by atoms with Crippen molar-refractivity contribution in [2.45, 2.75) is 20.3 Å². The van der Waals surface area contributed by atoms with Crippen molar-refractivity contribution in [1.82, 2.24) is 0 Å². The van der Waals surface area contributed by atoms with Gasteiger partial charge in [0.25, 0.3) is 5.91 Å². The predicted molar refractivity (Wildman–Crippen MR) is 90.6 cm³/mol. The topological polar surface area (TPSA) is 64.6 Å². The summed E-state index contributed by atoms with van der Waals surface area (Å²) in [7, 11) is 1.40. The molecule has 0 aliphatic heterocycles. The van der Waals surface area contributed by atoms with Crippen molar-refractivity contribution >= 4 is 28.2 Å². The van der Waals surface area contributed by atoms with Crippen LogP contribution < -0.4 is 10.1 Å². The van der Waals surface area contributed by atoms with Gasteiger partial charge in [-0.2, -0.15) is 0 Å². The highest BCUT2D eigenvalue weighted by atomic mass is 32.1. The summed E-state index contributed by atoms with van der Waals surface area (Å²) in [5.74, 6) is -1.36. The zero-order chi connectivity index (χ0) is 17.7. The SMILES string of the molecule is CCOC(=O)c1cc(CC)sc1NC(=O)c1cc(F)ccc1OC. The van der Waals surface area contributed by atoms with E-state index in [-0.39, 0.29) is 17.9 Å². The van der Waals surface area contributed by atoms with Crippen molar-refractivity contribution in [3.8, 4) is 5.75 Å². The number of carbonyl (C=O) groups excluding carboxylic acids is 2. The van der Waals surface area contributed by atoms with Crippen molar-refractivity contribution < 1.29 is 23.5 Å². The van der Waals surface area contributed by atoms with Crippen LogP contribution in [0.4, 0.5) is 9.39 Å². The second-order valence-corrected chi connectivity index (χ2v) is 5.97. The summed E-state index contributed by atoms with van der Waals surface area (Å²) in [6.45, 7) is 3.89. The molecule has 1 heterocycles. The van der Waals surface area contributed by atoms with Crippen LogP contribution in [0.5, 0.6) is 5.75 Å². The Labute approximate surface area is 143 Å². The molecule has 0 saturated heterocycles. The van der Waals surface area contributed by atoms with Crippen LogP contribution in [-0.2, 0) is 11.2 Å². The van der Waals surface area contributed by atoms with E-state index >= 15 is 0 Å². The summed E-state index contributed by atoms with van der Waals surface area (Å²) >= 11 is 1.29. The molecule has 1 aromatic heterocycles. The van der Waals surface area contributed by atoms with Crippen LogP contribution in [-0.4, -0.2) is 25.6 Å². The molecule has 1 aromatic carbocycles. The number of carbonyl (C=O) groups is 2. The molecule has 5 nitrogen and oxygen atoms in total. The Balaban J connectivity index is 2.33. The molecule has 0 atom stereocenters. The molecule has 24 heavy (non-hydrogen) atoms. The first kappa shape index (κ1) is 17.9. The normalized spacial score (nSPS) is 10.3. The molecule has 0 saturated carbocycles. The van der Waals surface area contributed by atoms with Gasteiger partial charge in [-0.15, -0.1) is 11.3 Å². The van der Waals surface area contributed by atoms with Crippen LogP contribution in [0.3, 0.4) is 0 Å². The maximum absolute atomic E-state index is 13.4. The van der Waals surface area contributed by atoms with E-state index < -0.39 is 17.7 Å². The molecule has 0 unspecified atom stereocenters. The number of benzene rings is 1. The Bertz CT molecular complexity index is 757. The Kier molecular flexibility index (Phi) is 5.92. The minimum absolute atomic E-state index is 0.0544. The lowest BCUT2D eigenvalue weighted by Gasteiger charge is -2.09. The summed E-state index contributed by atoms with van der Waals surface area (Å²) < 4.78 is 23.5. The highest BCUT2D eigenvalue weighted by molar-refractivity contribution is 7.16. The largest absolute Gasteiger partial charge is 0.496 e. The first-order chi connectivity index (χ1) is 11.5. The highest BCUT2D eigenvalue weighted by Gasteiger charge is 2.21. The fraction of sp³-hybridized carbons (Fsp3) is 0.294. The molecule has 0 aliphatic carbocycles. The van der Waals surface area contributed by atoms with E-state index in [0.717, 1.165) is 17.4 Å². The molecule has 1 amide bonds. The van der Waals surface area contributed by atoms with E-state index in [0.29, 0.717) is 10.6 Å². The number of thiophene rings is 1. The average Bonchev–Trinajstić information content (AvgIpc) is 2.98. The number of hydrogen-bond donors (Lipinski definition) is 1. The fourth-order valence-electron chi connectivity index (χ4n) is 2.10. The molecule has 0 fully saturated rings. The summed E-state index contributed by atoms with van der Waals surface area (Å²) in [4.78, 5) is 25.4. The van der Waals surface area contributed by atoms with Gasteiger partial charge < -0.3 is 14.8 Å². The van der Waals surface area contributed by atoms with Crippen LogP contribution in [0.1, 0.15) is 39.4 Å². The van der Waals surface area contributed by atoms with Gasteiger partial charge in [-0.3, -0.25) is 4.79 Å². The van der Waals surface area contributed by atoms with Crippen molar-refractivity contribution in [2.24, 2.45) is 0 Å². The molecular formula is C17H18FNO4S. The number of ether oxygens (including phenoxy) is 2. The van der Waals surface area contributed by atoms with Crippen LogP contribution >= 0.6 is 11.3 Å². The van der Waals surface area contributed by atoms with Crippen molar-refractivity contribution in [3.63, 3.8) is 0 Å². The summed E-state index contributed by atoms with van der Waals surface area (Å²) in [5, 5.41) is 3.03. The van der Waals surface area contributed by atoms with Crippen molar-refractivity contribution in [2.75, 3.05) is 19.0 Å². The molecular weight excluding hydrogens is 333 g/mol. The number of anilines is 1. The van der Waals surface area contributed by atoms with Gasteiger partial charge in [0.05, 0.1) is 24.8 Å². The third-order valence-corrected chi connectivity index (χ3v) is 4.45. The van der Waals surface area contributed by atoms with Gasteiger partial charge in [-0.1, -0.05) is 6.92 Å². The van der Waals surface area contributed by atoms with E-state index in [9.17, 15) is 14.0 Å². The van der Waals surface area contributed by atoms with E-state index in [1.165, 1.54) is 30.6 Å². The van der Waals surface area contributed by atoms with Gasteiger partial charge in [0.1, 0.15) is 16.6 Å². The summed E-state index contributed by atoms with van der Waals surface area (Å²) in [5.41, 5.74) is 0.348. The first-order valence-corrected chi connectivity index (χ1v) is 8.26. The van der Waals surface area contributed by atoms with Gasteiger partial charge in [-0.25, -0.2) is 9.18 Å². The van der Waals surface area contributed by atoms with Gasteiger partial charge in [0.15, 0.2) is 0 Å². The second kappa shape index (κ2) is 7.92.